The molecule has 0 saturated carbocycles. The molecule has 0 aliphatic rings. The maximum absolute atomic E-state index is 5.81. The Morgan fingerprint density at radius 3 is 2.35 bits per heavy atom. The van der Waals surface area contributed by atoms with E-state index in [0.717, 1.165) is 23.5 Å². The van der Waals surface area contributed by atoms with E-state index in [1.807, 2.05) is 43.3 Å². The SMILES string of the molecule is Cc1ccccc1Oc1ccc(CCN)cc1. The first kappa shape index (κ1) is 11.7. The van der Waals surface area contributed by atoms with Crippen LogP contribution in [0.1, 0.15) is 11.1 Å². The van der Waals surface area contributed by atoms with E-state index in [0.29, 0.717) is 6.54 Å². The third-order valence-corrected chi connectivity index (χ3v) is 2.68. The van der Waals surface area contributed by atoms with Crippen LogP contribution in [0, 0.1) is 6.92 Å². The van der Waals surface area contributed by atoms with Crippen molar-refractivity contribution < 1.29 is 4.74 Å². The van der Waals surface area contributed by atoms with Gasteiger partial charge in [0.1, 0.15) is 11.5 Å². The highest BCUT2D eigenvalue weighted by molar-refractivity contribution is 5.37. The van der Waals surface area contributed by atoms with Gasteiger partial charge in [-0.05, 0) is 49.2 Å². The van der Waals surface area contributed by atoms with Gasteiger partial charge >= 0.3 is 0 Å². The summed E-state index contributed by atoms with van der Waals surface area (Å²) < 4.78 is 5.81. The second kappa shape index (κ2) is 5.51. The van der Waals surface area contributed by atoms with Crippen molar-refractivity contribution in [2.24, 2.45) is 5.73 Å². The Hall–Kier alpha value is -1.80. The van der Waals surface area contributed by atoms with Crippen molar-refractivity contribution in [3.05, 3.63) is 59.7 Å². The molecule has 0 atom stereocenters. The fourth-order valence-electron chi connectivity index (χ4n) is 1.69. The summed E-state index contributed by atoms with van der Waals surface area (Å²) in [5, 5.41) is 0. The Morgan fingerprint density at radius 2 is 1.71 bits per heavy atom. The van der Waals surface area contributed by atoms with Gasteiger partial charge in [0.25, 0.3) is 0 Å². The fourth-order valence-corrected chi connectivity index (χ4v) is 1.69. The smallest absolute Gasteiger partial charge is 0.130 e. The van der Waals surface area contributed by atoms with E-state index < -0.39 is 0 Å². The summed E-state index contributed by atoms with van der Waals surface area (Å²) in [5.41, 5.74) is 7.89. The van der Waals surface area contributed by atoms with Crippen LogP contribution in [0.5, 0.6) is 11.5 Å². The highest BCUT2D eigenvalue weighted by atomic mass is 16.5. The fraction of sp³-hybridized carbons (Fsp3) is 0.200. The van der Waals surface area contributed by atoms with Gasteiger partial charge in [-0.2, -0.15) is 0 Å². The zero-order chi connectivity index (χ0) is 12.1. The van der Waals surface area contributed by atoms with E-state index in [2.05, 4.69) is 12.1 Å². The highest BCUT2D eigenvalue weighted by Crippen LogP contribution is 2.24. The van der Waals surface area contributed by atoms with Crippen molar-refractivity contribution in [3.63, 3.8) is 0 Å². The summed E-state index contributed by atoms with van der Waals surface area (Å²) in [6.45, 7) is 2.72. The normalized spacial score (nSPS) is 10.2. The minimum atomic E-state index is 0.679. The molecule has 0 fully saturated rings. The first-order valence-electron chi connectivity index (χ1n) is 5.82. The monoisotopic (exact) mass is 227 g/mol. The van der Waals surface area contributed by atoms with Gasteiger partial charge in [0.2, 0.25) is 0 Å². The van der Waals surface area contributed by atoms with Crippen LogP contribution in [0.3, 0.4) is 0 Å². The highest BCUT2D eigenvalue weighted by Gasteiger charge is 2.00. The molecular formula is C15H17NO. The van der Waals surface area contributed by atoms with Gasteiger partial charge in [-0.15, -0.1) is 0 Å². The Kier molecular flexibility index (Phi) is 3.78. The van der Waals surface area contributed by atoms with Gasteiger partial charge in [-0.25, -0.2) is 0 Å². The Balaban J connectivity index is 2.11. The van der Waals surface area contributed by atoms with Crippen LogP contribution in [0.25, 0.3) is 0 Å². The van der Waals surface area contributed by atoms with Gasteiger partial charge in [0, 0.05) is 0 Å². The number of benzene rings is 2. The Labute approximate surface area is 102 Å². The first-order chi connectivity index (χ1) is 8.29. The molecule has 2 aromatic rings. The summed E-state index contributed by atoms with van der Waals surface area (Å²) in [6.07, 6.45) is 0.907. The second-order valence-corrected chi connectivity index (χ2v) is 4.05. The first-order valence-corrected chi connectivity index (χ1v) is 5.82. The van der Waals surface area contributed by atoms with Gasteiger partial charge in [-0.3, -0.25) is 0 Å². The van der Waals surface area contributed by atoms with Crippen LogP contribution < -0.4 is 10.5 Å². The number of ether oxygens (including phenoxy) is 1. The summed E-state index contributed by atoms with van der Waals surface area (Å²) in [6, 6.07) is 16.1. The third-order valence-electron chi connectivity index (χ3n) is 2.68. The van der Waals surface area contributed by atoms with Crippen LogP contribution in [-0.2, 0) is 6.42 Å². The molecule has 0 aliphatic heterocycles. The minimum absolute atomic E-state index is 0.679. The lowest BCUT2D eigenvalue weighted by Gasteiger charge is -2.08. The zero-order valence-corrected chi connectivity index (χ0v) is 10.0. The average molecular weight is 227 g/mol. The van der Waals surface area contributed by atoms with E-state index >= 15 is 0 Å². The number of hydrogen-bond donors (Lipinski definition) is 1. The lowest BCUT2D eigenvalue weighted by atomic mass is 10.1. The lowest BCUT2D eigenvalue weighted by molar-refractivity contribution is 0.478. The third kappa shape index (κ3) is 3.08. The Morgan fingerprint density at radius 1 is 1.00 bits per heavy atom. The molecule has 2 N–H and O–H groups in total. The lowest BCUT2D eigenvalue weighted by Crippen LogP contribution is -2.02. The number of hydrogen-bond acceptors (Lipinski definition) is 2. The number of rotatable bonds is 4. The molecule has 0 aliphatic carbocycles. The van der Waals surface area contributed by atoms with E-state index in [-0.39, 0.29) is 0 Å². The summed E-state index contributed by atoms with van der Waals surface area (Å²) >= 11 is 0. The predicted molar refractivity (Wildman–Crippen MR) is 70.5 cm³/mol. The summed E-state index contributed by atoms with van der Waals surface area (Å²) in [4.78, 5) is 0. The molecule has 2 heteroatoms. The number of para-hydroxylation sites is 1. The molecule has 88 valence electrons. The van der Waals surface area contributed by atoms with Crippen molar-refractivity contribution in [1.82, 2.24) is 0 Å². The molecule has 0 radical (unpaired) electrons. The zero-order valence-electron chi connectivity index (χ0n) is 10.0. The maximum Gasteiger partial charge on any atom is 0.130 e. The predicted octanol–water partition coefficient (Wildman–Crippen LogP) is 3.29. The van der Waals surface area contributed by atoms with E-state index in [9.17, 15) is 0 Å². The van der Waals surface area contributed by atoms with Gasteiger partial charge in [-0.1, -0.05) is 30.3 Å². The second-order valence-electron chi connectivity index (χ2n) is 4.05. The molecule has 0 spiro atoms. The van der Waals surface area contributed by atoms with Crippen molar-refractivity contribution in [3.8, 4) is 11.5 Å². The van der Waals surface area contributed by atoms with Crippen molar-refractivity contribution in [2.75, 3.05) is 6.54 Å². The summed E-state index contributed by atoms with van der Waals surface area (Å²) in [5.74, 6) is 1.76. The Bertz CT molecular complexity index is 477. The molecule has 17 heavy (non-hydrogen) atoms. The van der Waals surface area contributed by atoms with E-state index in [1.54, 1.807) is 0 Å². The molecule has 0 bridgehead atoms. The molecule has 0 saturated heterocycles. The van der Waals surface area contributed by atoms with Crippen molar-refractivity contribution in [1.29, 1.82) is 0 Å². The molecule has 2 aromatic carbocycles. The standard InChI is InChI=1S/C15H17NO/c1-12-4-2-3-5-15(12)17-14-8-6-13(7-9-14)10-11-16/h2-9H,10-11,16H2,1H3. The number of nitrogens with two attached hydrogens (primary N) is 1. The quantitative estimate of drug-likeness (QED) is 0.869. The van der Waals surface area contributed by atoms with E-state index in [1.165, 1.54) is 5.56 Å². The van der Waals surface area contributed by atoms with Crippen LogP contribution in [0.2, 0.25) is 0 Å². The molecule has 0 unspecified atom stereocenters. The van der Waals surface area contributed by atoms with Crippen LogP contribution in [-0.4, -0.2) is 6.54 Å². The van der Waals surface area contributed by atoms with Gasteiger partial charge < -0.3 is 10.5 Å². The average Bonchev–Trinajstić information content (AvgIpc) is 2.35. The van der Waals surface area contributed by atoms with Crippen LogP contribution in [0.15, 0.2) is 48.5 Å². The molecule has 0 heterocycles. The van der Waals surface area contributed by atoms with Gasteiger partial charge in [0.15, 0.2) is 0 Å². The van der Waals surface area contributed by atoms with Crippen molar-refractivity contribution >= 4 is 0 Å². The van der Waals surface area contributed by atoms with Crippen LogP contribution >= 0.6 is 0 Å². The molecule has 0 amide bonds. The van der Waals surface area contributed by atoms with E-state index in [4.69, 9.17) is 10.5 Å². The molecular weight excluding hydrogens is 210 g/mol. The van der Waals surface area contributed by atoms with Crippen molar-refractivity contribution in [2.45, 2.75) is 13.3 Å². The summed E-state index contributed by atoms with van der Waals surface area (Å²) in [7, 11) is 0. The topological polar surface area (TPSA) is 35.2 Å². The molecule has 0 aromatic heterocycles. The van der Waals surface area contributed by atoms with Gasteiger partial charge in [0.05, 0.1) is 0 Å². The minimum Gasteiger partial charge on any atom is -0.457 e. The molecule has 2 nitrogen and oxygen atoms in total. The van der Waals surface area contributed by atoms with Crippen LogP contribution in [0.4, 0.5) is 0 Å². The largest absolute Gasteiger partial charge is 0.457 e. The molecule has 2 rings (SSSR count). The maximum atomic E-state index is 5.81. The number of aryl methyl sites for hydroxylation is 1.